The third-order valence-electron chi connectivity index (χ3n) is 2.50. The first kappa shape index (κ1) is 13.5. The highest BCUT2D eigenvalue weighted by molar-refractivity contribution is 7.99. The van der Waals surface area contributed by atoms with Crippen molar-refractivity contribution in [2.24, 2.45) is 0 Å². The van der Waals surface area contributed by atoms with Crippen molar-refractivity contribution in [3.05, 3.63) is 47.7 Å². The number of hydrogen-bond acceptors (Lipinski definition) is 4. The van der Waals surface area contributed by atoms with Gasteiger partial charge in [0.1, 0.15) is 11.6 Å². The number of carboxylic acids is 1. The molecule has 0 fully saturated rings. The molecule has 2 aromatic rings. The zero-order chi connectivity index (χ0) is 14.0. The highest BCUT2D eigenvalue weighted by Gasteiger charge is 2.16. The lowest BCUT2D eigenvalue weighted by molar-refractivity contribution is 0.0660. The monoisotopic (exact) mass is 281 g/mol. The maximum atomic E-state index is 13.6. The molecule has 3 N–H and O–H groups in total. The molecule has 19 heavy (non-hydrogen) atoms. The number of halogens is 1. The van der Waals surface area contributed by atoms with Crippen molar-refractivity contribution < 1.29 is 18.7 Å². The van der Waals surface area contributed by atoms with E-state index in [0.29, 0.717) is 16.3 Å². The quantitative estimate of drug-likeness (QED) is 0.662. The Morgan fingerprint density at radius 1 is 1.42 bits per heavy atom. The minimum atomic E-state index is -1.12. The summed E-state index contributed by atoms with van der Waals surface area (Å²) in [7, 11) is 0. The Morgan fingerprint density at radius 3 is 2.74 bits per heavy atom. The number of carboxylic acid groups (broad SMARTS) is 1. The van der Waals surface area contributed by atoms with E-state index < -0.39 is 11.8 Å². The Hall–Kier alpha value is -1.95. The smallest absolute Gasteiger partial charge is 0.371 e. The van der Waals surface area contributed by atoms with Gasteiger partial charge in [-0.1, -0.05) is 0 Å². The van der Waals surface area contributed by atoms with E-state index in [1.807, 2.05) is 6.92 Å². The van der Waals surface area contributed by atoms with Gasteiger partial charge in [-0.25, -0.2) is 9.18 Å². The second-order valence-electron chi connectivity index (χ2n) is 3.96. The van der Waals surface area contributed by atoms with Gasteiger partial charge in [0, 0.05) is 10.6 Å². The van der Waals surface area contributed by atoms with E-state index in [9.17, 15) is 9.18 Å². The molecular formula is C13H12FNO3S. The molecule has 1 heterocycles. The molecule has 1 atom stereocenters. The maximum Gasteiger partial charge on any atom is 0.371 e. The van der Waals surface area contributed by atoms with Crippen LogP contribution in [0.15, 0.2) is 39.6 Å². The molecule has 0 radical (unpaired) electrons. The Bertz CT molecular complexity index is 612. The Balaban J connectivity index is 2.15. The molecule has 0 aliphatic heterocycles. The predicted molar refractivity (Wildman–Crippen MR) is 70.8 cm³/mol. The molecular weight excluding hydrogens is 269 g/mol. The van der Waals surface area contributed by atoms with E-state index >= 15 is 0 Å². The molecule has 0 saturated carbocycles. The number of nitrogens with two attached hydrogens (primary N) is 1. The second-order valence-corrected chi connectivity index (χ2v) is 5.34. The van der Waals surface area contributed by atoms with Crippen molar-refractivity contribution in [3.8, 4) is 0 Å². The summed E-state index contributed by atoms with van der Waals surface area (Å²) in [6.07, 6.45) is 0. The SMILES string of the molecule is CC(Sc1ccc(N)cc1F)c1ccc(C(=O)O)o1. The highest BCUT2D eigenvalue weighted by Crippen LogP contribution is 2.37. The highest BCUT2D eigenvalue weighted by atomic mass is 32.2. The molecule has 100 valence electrons. The van der Waals surface area contributed by atoms with Crippen molar-refractivity contribution >= 4 is 23.4 Å². The molecule has 1 aromatic carbocycles. The number of anilines is 1. The van der Waals surface area contributed by atoms with E-state index in [1.54, 1.807) is 18.2 Å². The summed E-state index contributed by atoms with van der Waals surface area (Å²) in [5.74, 6) is -1.16. The largest absolute Gasteiger partial charge is 0.475 e. The van der Waals surface area contributed by atoms with Gasteiger partial charge < -0.3 is 15.3 Å². The van der Waals surface area contributed by atoms with Crippen LogP contribution in [0.5, 0.6) is 0 Å². The van der Waals surface area contributed by atoms with Crippen LogP contribution < -0.4 is 5.73 Å². The normalized spacial score (nSPS) is 12.3. The third kappa shape index (κ3) is 3.08. The van der Waals surface area contributed by atoms with Crippen LogP contribution in [0, 0.1) is 5.82 Å². The fraction of sp³-hybridized carbons (Fsp3) is 0.154. The van der Waals surface area contributed by atoms with E-state index in [0.717, 1.165) is 0 Å². The first-order chi connectivity index (χ1) is 8.97. The van der Waals surface area contributed by atoms with Gasteiger partial charge in [-0.3, -0.25) is 0 Å². The molecule has 0 spiro atoms. The predicted octanol–water partition coefficient (Wildman–Crippen LogP) is 3.55. The Morgan fingerprint density at radius 2 is 2.16 bits per heavy atom. The zero-order valence-corrected chi connectivity index (χ0v) is 10.9. The Kier molecular flexibility index (Phi) is 3.80. The number of carbonyl (C=O) groups is 1. The number of hydrogen-bond donors (Lipinski definition) is 2. The number of aromatic carboxylic acids is 1. The van der Waals surface area contributed by atoms with Crippen LogP contribution in [0.25, 0.3) is 0 Å². The first-order valence-electron chi connectivity index (χ1n) is 5.52. The fourth-order valence-corrected chi connectivity index (χ4v) is 2.49. The summed E-state index contributed by atoms with van der Waals surface area (Å²) in [6, 6.07) is 7.42. The summed E-state index contributed by atoms with van der Waals surface area (Å²) in [5, 5.41) is 8.57. The molecule has 0 bridgehead atoms. The van der Waals surface area contributed by atoms with E-state index in [4.69, 9.17) is 15.3 Å². The zero-order valence-electron chi connectivity index (χ0n) is 10.1. The lowest BCUT2D eigenvalue weighted by Gasteiger charge is -2.09. The number of furan rings is 1. The van der Waals surface area contributed by atoms with Crippen LogP contribution in [-0.2, 0) is 0 Å². The fourth-order valence-electron chi connectivity index (χ4n) is 1.55. The van der Waals surface area contributed by atoms with Gasteiger partial charge in [0.2, 0.25) is 5.76 Å². The van der Waals surface area contributed by atoms with E-state index in [-0.39, 0.29) is 11.0 Å². The van der Waals surface area contributed by atoms with Gasteiger partial charge >= 0.3 is 5.97 Å². The van der Waals surface area contributed by atoms with Crippen LogP contribution in [0.1, 0.15) is 28.5 Å². The summed E-state index contributed by atoms with van der Waals surface area (Å²) in [6.45, 7) is 1.81. The van der Waals surface area contributed by atoms with Gasteiger partial charge in [-0.05, 0) is 37.3 Å². The van der Waals surface area contributed by atoms with Crippen LogP contribution in [0.4, 0.5) is 10.1 Å². The summed E-state index contributed by atoms with van der Waals surface area (Å²) < 4.78 is 18.8. The second kappa shape index (κ2) is 5.36. The van der Waals surface area contributed by atoms with Crippen molar-refractivity contribution in [2.45, 2.75) is 17.1 Å². The van der Waals surface area contributed by atoms with Crippen LogP contribution in [0.2, 0.25) is 0 Å². The number of rotatable bonds is 4. The minimum Gasteiger partial charge on any atom is -0.475 e. The minimum absolute atomic E-state index is 0.125. The average molecular weight is 281 g/mol. The van der Waals surface area contributed by atoms with Crippen LogP contribution in [-0.4, -0.2) is 11.1 Å². The lowest BCUT2D eigenvalue weighted by Crippen LogP contribution is -1.93. The topological polar surface area (TPSA) is 76.5 Å². The summed E-state index contributed by atoms with van der Waals surface area (Å²) in [4.78, 5) is 11.2. The molecule has 2 rings (SSSR count). The molecule has 6 heteroatoms. The van der Waals surface area contributed by atoms with Crippen LogP contribution in [0.3, 0.4) is 0 Å². The molecule has 1 aromatic heterocycles. The average Bonchev–Trinajstić information content (AvgIpc) is 2.82. The number of thioether (sulfide) groups is 1. The molecule has 0 amide bonds. The first-order valence-corrected chi connectivity index (χ1v) is 6.40. The van der Waals surface area contributed by atoms with Gasteiger partial charge in [-0.2, -0.15) is 0 Å². The van der Waals surface area contributed by atoms with Gasteiger partial charge in [0.05, 0.1) is 5.25 Å². The summed E-state index contributed by atoms with van der Waals surface area (Å²) >= 11 is 1.24. The Labute approximate surface area is 113 Å². The molecule has 4 nitrogen and oxygen atoms in total. The van der Waals surface area contributed by atoms with E-state index in [2.05, 4.69) is 0 Å². The molecule has 1 unspecified atom stereocenters. The molecule has 0 saturated heterocycles. The summed E-state index contributed by atoms with van der Waals surface area (Å²) in [5.41, 5.74) is 5.83. The van der Waals surface area contributed by atoms with Crippen LogP contribution >= 0.6 is 11.8 Å². The third-order valence-corrected chi connectivity index (χ3v) is 3.67. The van der Waals surface area contributed by atoms with Gasteiger partial charge in [-0.15, -0.1) is 11.8 Å². The van der Waals surface area contributed by atoms with E-state index in [1.165, 1.54) is 23.9 Å². The molecule has 0 aliphatic rings. The lowest BCUT2D eigenvalue weighted by atomic mass is 10.3. The van der Waals surface area contributed by atoms with Crippen molar-refractivity contribution in [2.75, 3.05) is 5.73 Å². The number of nitrogen functional groups attached to an aromatic ring is 1. The standard InChI is InChI=1S/C13H12FNO3S/c1-7(10-3-4-11(18-10)13(16)17)19-12-5-2-8(15)6-9(12)14/h2-7H,15H2,1H3,(H,16,17). The van der Waals surface area contributed by atoms with Crippen molar-refractivity contribution in [1.82, 2.24) is 0 Å². The number of benzene rings is 1. The van der Waals surface area contributed by atoms with Gasteiger partial charge in [0.25, 0.3) is 0 Å². The maximum absolute atomic E-state index is 13.6. The van der Waals surface area contributed by atoms with Gasteiger partial charge in [0.15, 0.2) is 0 Å². The van der Waals surface area contributed by atoms with Crippen molar-refractivity contribution in [3.63, 3.8) is 0 Å². The van der Waals surface area contributed by atoms with Crippen molar-refractivity contribution in [1.29, 1.82) is 0 Å². The molecule has 0 aliphatic carbocycles.